The molecule has 23 heavy (non-hydrogen) atoms. The summed E-state index contributed by atoms with van der Waals surface area (Å²) in [6, 6.07) is 5.35. The molecule has 0 aliphatic carbocycles. The SMILES string of the molecule is COCC1CCc2cc(C(C)(CBr)c3ccc(F)cn3)nn2C1. The van der Waals surface area contributed by atoms with Gasteiger partial charge in [0.2, 0.25) is 0 Å². The third kappa shape index (κ3) is 3.19. The van der Waals surface area contributed by atoms with Gasteiger partial charge in [0.25, 0.3) is 0 Å². The van der Waals surface area contributed by atoms with Gasteiger partial charge in [-0.3, -0.25) is 9.67 Å². The van der Waals surface area contributed by atoms with Gasteiger partial charge < -0.3 is 4.74 Å². The molecule has 0 aromatic carbocycles. The molecule has 0 fully saturated rings. The van der Waals surface area contributed by atoms with Gasteiger partial charge in [-0.25, -0.2) is 4.39 Å². The molecule has 0 bridgehead atoms. The lowest BCUT2D eigenvalue weighted by molar-refractivity contribution is 0.128. The average Bonchev–Trinajstić information content (AvgIpc) is 2.99. The average molecular weight is 382 g/mol. The largest absolute Gasteiger partial charge is 0.384 e. The molecule has 2 atom stereocenters. The maximum atomic E-state index is 13.2. The molecular formula is C17H21BrFN3O. The topological polar surface area (TPSA) is 39.9 Å². The highest BCUT2D eigenvalue weighted by Gasteiger charge is 2.34. The molecule has 0 amide bonds. The summed E-state index contributed by atoms with van der Waals surface area (Å²) in [5.74, 6) is 0.191. The van der Waals surface area contributed by atoms with E-state index in [2.05, 4.69) is 38.6 Å². The molecule has 0 N–H and O–H groups in total. The van der Waals surface area contributed by atoms with E-state index in [9.17, 15) is 4.39 Å². The number of hydrogen-bond donors (Lipinski definition) is 0. The third-order valence-corrected chi connectivity index (χ3v) is 5.75. The Balaban J connectivity index is 1.92. The Bertz CT molecular complexity index is 673. The van der Waals surface area contributed by atoms with Gasteiger partial charge in [-0.1, -0.05) is 15.9 Å². The summed E-state index contributed by atoms with van der Waals surface area (Å²) in [5, 5.41) is 5.50. The van der Waals surface area contributed by atoms with Crippen LogP contribution in [0.3, 0.4) is 0 Å². The maximum absolute atomic E-state index is 13.2. The van der Waals surface area contributed by atoms with Crippen molar-refractivity contribution < 1.29 is 9.13 Å². The number of halogens is 2. The number of fused-ring (bicyclic) bond motifs is 1. The van der Waals surface area contributed by atoms with E-state index in [-0.39, 0.29) is 11.2 Å². The van der Waals surface area contributed by atoms with Gasteiger partial charge in [0.1, 0.15) is 5.82 Å². The summed E-state index contributed by atoms with van der Waals surface area (Å²) in [7, 11) is 1.74. The van der Waals surface area contributed by atoms with Gasteiger partial charge in [0.15, 0.2) is 0 Å². The minimum absolute atomic E-state index is 0.322. The van der Waals surface area contributed by atoms with Crippen LogP contribution in [0.15, 0.2) is 24.4 Å². The van der Waals surface area contributed by atoms with Crippen LogP contribution in [0.2, 0.25) is 0 Å². The summed E-state index contributed by atoms with van der Waals surface area (Å²) in [5.41, 5.74) is 2.66. The smallest absolute Gasteiger partial charge is 0.141 e. The highest BCUT2D eigenvalue weighted by Crippen LogP contribution is 2.33. The molecule has 2 unspecified atom stereocenters. The van der Waals surface area contributed by atoms with Crippen LogP contribution in [0, 0.1) is 11.7 Å². The Morgan fingerprint density at radius 3 is 2.91 bits per heavy atom. The van der Waals surface area contributed by atoms with Crippen molar-refractivity contribution in [1.29, 1.82) is 0 Å². The zero-order valence-corrected chi connectivity index (χ0v) is 15.0. The lowest BCUT2D eigenvalue weighted by Gasteiger charge is -2.25. The van der Waals surface area contributed by atoms with Crippen LogP contribution >= 0.6 is 15.9 Å². The lowest BCUT2D eigenvalue weighted by Crippen LogP contribution is -2.28. The molecule has 0 spiro atoms. The number of aryl methyl sites for hydroxylation is 1. The zero-order valence-electron chi connectivity index (χ0n) is 13.4. The van der Waals surface area contributed by atoms with E-state index in [4.69, 9.17) is 9.84 Å². The number of rotatable bonds is 5. The van der Waals surface area contributed by atoms with Crippen molar-refractivity contribution in [3.8, 4) is 0 Å². The molecule has 1 aliphatic rings. The molecule has 3 rings (SSSR count). The Morgan fingerprint density at radius 2 is 2.26 bits per heavy atom. The molecule has 0 saturated heterocycles. The minimum atomic E-state index is -0.380. The number of aromatic nitrogens is 3. The Kier molecular flexibility index (Phi) is 4.82. The van der Waals surface area contributed by atoms with E-state index in [0.29, 0.717) is 11.2 Å². The van der Waals surface area contributed by atoms with Crippen LogP contribution in [0.25, 0.3) is 0 Å². The van der Waals surface area contributed by atoms with Gasteiger partial charge in [-0.05, 0) is 38.0 Å². The lowest BCUT2D eigenvalue weighted by atomic mass is 9.84. The first-order valence-electron chi connectivity index (χ1n) is 7.81. The van der Waals surface area contributed by atoms with Crippen molar-refractivity contribution in [3.63, 3.8) is 0 Å². The van der Waals surface area contributed by atoms with Crippen molar-refractivity contribution >= 4 is 15.9 Å². The van der Waals surface area contributed by atoms with Gasteiger partial charge in [0, 0.05) is 30.6 Å². The fourth-order valence-electron chi connectivity index (χ4n) is 3.11. The molecule has 124 valence electrons. The number of pyridine rings is 1. The first kappa shape index (κ1) is 16.6. The van der Waals surface area contributed by atoms with Crippen molar-refractivity contribution in [2.24, 2.45) is 5.92 Å². The Labute approximate surface area is 144 Å². The summed E-state index contributed by atoms with van der Waals surface area (Å²) in [6.45, 7) is 3.74. The van der Waals surface area contributed by atoms with Crippen LogP contribution in [-0.2, 0) is 23.1 Å². The van der Waals surface area contributed by atoms with E-state index in [1.54, 1.807) is 13.2 Å². The number of hydrogen-bond acceptors (Lipinski definition) is 3. The van der Waals surface area contributed by atoms with Crippen LogP contribution in [-0.4, -0.2) is 33.8 Å². The Morgan fingerprint density at radius 1 is 1.43 bits per heavy atom. The van der Waals surface area contributed by atoms with Crippen LogP contribution in [0.1, 0.15) is 30.4 Å². The zero-order chi connectivity index (χ0) is 16.4. The van der Waals surface area contributed by atoms with Crippen LogP contribution < -0.4 is 0 Å². The molecule has 2 aromatic rings. The minimum Gasteiger partial charge on any atom is -0.384 e. The van der Waals surface area contributed by atoms with Gasteiger partial charge in [-0.15, -0.1) is 0 Å². The van der Waals surface area contributed by atoms with Crippen LogP contribution in [0.4, 0.5) is 4.39 Å². The summed E-state index contributed by atoms with van der Waals surface area (Å²) >= 11 is 3.59. The summed E-state index contributed by atoms with van der Waals surface area (Å²) in [4.78, 5) is 4.27. The number of methoxy groups -OCH3 is 1. The molecule has 6 heteroatoms. The van der Waals surface area contributed by atoms with E-state index in [1.807, 2.05) is 0 Å². The molecule has 2 aromatic heterocycles. The Hall–Kier alpha value is -1.27. The standard InChI is InChI=1S/C17H21BrFN3O/c1-17(11-18,15-6-4-13(19)8-20-15)16-7-14-5-3-12(10-23-2)9-22(14)21-16/h4,6-8,12H,3,5,9-11H2,1-2H3. The van der Waals surface area contributed by atoms with E-state index in [1.165, 1.54) is 18.0 Å². The number of nitrogens with zero attached hydrogens (tertiary/aromatic N) is 3. The number of ether oxygens (including phenoxy) is 1. The molecular weight excluding hydrogens is 361 g/mol. The van der Waals surface area contributed by atoms with Crippen molar-refractivity contribution in [2.45, 2.75) is 31.7 Å². The summed E-state index contributed by atoms with van der Waals surface area (Å²) in [6.07, 6.45) is 3.40. The third-order valence-electron chi connectivity index (χ3n) is 4.63. The van der Waals surface area contributed by atoms with Crippen molar-refractivity contribution in [2.75, 3.05) is 19.0 Å². The molecule has 1 aliphatic heterocycles. The molecule has 4 nitrogen and oxygen atoms in total. The van der Waals surface area contributed by atoms with E-state index >= 15 is 0 Å². The first-order chi connectivity index (χ1) is 11.1. The molecule has 0 radical (unpaired) electrons. The molecule has 3 heterocycles. The monoisotopic (exact) mass is 381 g/mol. The second kappa shape index (κ2) is 6.69. The second-order valence-electron chi connectivity index (χ2n) is 6.39. The van der Waals surface area contributed by atoms with Crippen molar-refractivity contribution in [3.05, 3.63) is 47.3 Å². The summed E-state index contributed by atoms with van der Waals surface area (Å²) < 4.78 is 20.5. The normalized spacial score (nSPS) is 20.1. The molecule has 0 saturated carbocycles. The van der Waals surface area contributed by atoms with E-state index in [0.717, 1.165) is 37.4 Å². The maximum Gasteiger partial charge on any atom is 0.141 e. The number of alkyl halides is 1. The fraction of sp³-hybridized carbons (Fsp3) is 0.529. The highest BCUT2D eigenvalue weighted by molar-refractivity contribution is 9.09. The fourth-order valence-corrected chi connectivity index (χ4v) is 3.69. The quantitative estimate of drug-likeness (QED) is 0.745. The predicted octanol–water partition coefficient (Wildman–Crippen LogP) is 3.33. The first-order valence-corrected chi connectivity index (χ1v) is 8.93. The second-order valence-corrected chi connectivity index (χ2v) is 6.95. The predicted molar refractivity (Wildman–Crippen MR) is 90.4 cm³/mol. The van der Waals surface area contributed by atoms with Gasteiger partial charge in [0.05, 0.1) is 29.6 Å². The van der Waals surface area contributed by atoms with Crippen molar-refractivity contribution in [1.82, 2.24) is 14.8 Å². The van der Waals surface area contributed by atoms with E-state index < -0.39 is 0 Å². The van der Waals surface area contributed by atoms with Gasteiger partial charge >= 0.3 is 0 Å². The highest BCUT2D eigenvalue weighted by atomic mass is 79.9. The van der Waals surface area contributed by atoms with Crippen LogP contribution in [0.5, 0.6) is 0 Å². The van der Waals surface area contributed by atoms with Gasteiger partial charge in [-0.2, -0.15) is 5.10 Å².